The first-order valence-electron chi connectivity index (χ1n) is 7.55. The van der Waals surface area contributed by atoms with Gasteiger partial charge in [-0.25, -0.2) is 0 Å². The molecule has 0 aromatic heterocycles. The Morgan fingerprint density at radius 1 is 0.913 bits per heavy atom. The van der Waals surface area contributed by atoms with Crippen molar-refractivity contribution in [3.63, 3.8) is 0 Å². The molecule has 0 unspecified atom stereocenters. The minimum absolute atomic E-state index is 0.170. The van der Waals surface area contributed by atoms with Crippen LogP contribution in [0.1, 0.15) is 19.8 Å². The molecule has 2 aromatic rings. The van der Waals surface area contributed by atoms with E-state index in [1.54, 1.807) is 0 Å². The molecule has 0 spiro atoms. The standard InChI is InChI=1S/C18H20N2O3/c1-2-8-17(21)19-20-18(22)13-23-16-12-7-6-11-15(16)14-9-4-3-5-10-14/h3-7,9-12H,2,8,13H2,1H3,(H,19,21)(H,20,22). The molecule has 2 N–H and O–H groups in total. The van der Waals surface area contributed by atoms with Crippen molar-refractivity contribution in [2.24, 2.45) is 0 Å². The van der Waals surface area contributed by atoms with E-state index in [1.165, 1.54) is 0 Å². The average molecular weight is 312 g/mol. The lowest BCUT2D eigenvalue weighted by Crippen LogP contribution is -2.43. The first kappa shape index (κ1) is 16.5. The topological polar surface area (TPSA) is 67.4 Å². The van der Waals surface area contributed by atoms with Gasteiger partial charge in [0.1, 0.15) is 5.75 Å². The Morgan fingerprint density at radius 3 is 2.30 bits per heavy atom. The maximum absolute atomic E-state index is 11.7. The van der Waals surface area contributed by atoms with Crippen LogP contribution in [0.2, 0.25) is 0 Å². The maximum atomic E-state index is 11.7. The number of hydrazine groups is 1. The summed E-state index contributed by atoms with van der Waals surface area (Å²) < 4.78 is 5.58. The fraction of sp³-hybridized carbons (Fsp3) is 0.222. The van der Waals surface area contributed by atoms with Crippen molar-refractivity contribution in [2.45, 2.75) is 19.8 Å². The molecule has 5 heteroatoms. The molecule has 120 valence electrons. The van der Waals surface area contributed by atoms with Crippen molar-refractivity contribution in [1.82, 2.24) is 10.9 Å². The third kappa shape index (κ3) is 5.14. The summed E-state index contributed by atoms with van der Waals surface area (Å²) in [5, 5.41) is 0. The highest BCUT2D eigenvalue weighted by Crippen LogP contribution is 2.29. The van der Waals surface area contributed by atoms with E-state index in [0.717, 1.165) is 17.5 Å². The molecular weight excluding hydrogens is 292 g/mol. The normalized spacial score (nSPS) is 9.96. The van der Waals surface area contributed by atoms with Gasteiger partial charge in [0.05, 0.1) is 0 Å². The summed E-state index contributed by atoms with van der Waals surface area (Å²) in [5.74, 6) is -0.00316. The van der Waals surface area contributed by atoms with Crippen LogP contribution in [0.5, 0.6) is 5.75 Å². The summed E-state index contributed by atoms with van der Waals surface area (Å²) in [6.45, 7) is 1.72. The molecule has 0 fully saturated rings. The molecule has 0 heterocycles. The number of hydrogen-bond acceptors (Lipinski definition) is 3. The van der Waals surface area contributed by atoms with E-state index in [0.29, 0.717) is 12.2 Å². The van der Waals surface area contributed by atoms with E-state index >= 15 is 0 Å². The lowest BCUT2D eigenvalue weighted by atomic mass is 10.1. The molecule has 0 aliphatic rings. The van der Waals surface area contributed by atoms with Crippen molar-refractivity contribution in [3.05, 3.63) is 54.6 Å². The Morgan fingerprint density at radius 2 is 1.57 bits per heavy atom. The monoisotopic (exact) mass is 312 g/mol. The molecule has 0 atom stereocenters. The molecule has 0 radical (unpaired) electrons. The van der Waals surface area contributed by atoms with E-state index < -0.39 is 5.91 Å². The lowest BCUT2D eigenvalue weighted by Gasteiger charge is -2.12. The van der Waals surface area contributed by atoms with Crippen LogP contribution in [0.25, 0.3) is 11.1 Å². The number of hydrogen-bond donors (Lipinski definition) is 2. The highest BCUT2D eigenvalue weighted by Gasteiger charge is 2.08. The highest BCUT2D eigenvalue weighted by molar-refractivity contribution is 5.83. The molecule has 0 bridgehead atoms. The second-order valence-electron chi connectivity index (χ2n) is 5.00. The van der Waals surface area contributed by atoms with Gasteiger partial charge in [0.25, 0.3) is 5.91 Å². The van der Waals surface area contributed by atoms with Gasteiger partial charge in [0.15, 0.2) is 6.61 Å². The van der Waals surface area contributed by atoms with Crippen molar-refractivity contribution in [3.8, 4) is 16.9 Å². The first-order chi connectivity index (χ1) is 11.2. The molecule has 0 aliphatic heterocycles. The molecule has 2 rings (SSSR count). The molecule has 23 heavy (non-hydrogen) atoms. The van der Waals surface area contributed by atoms with Crippen molar-refractivity contribution < 1.29 is 14.3 Å². The number of carbonyl (C=O) groups excluding carboxylic acids is 2. The summed E-state index contributed by atoms with van der Waals surface area (Å²) in [6.07, 6.45) is 1.10. The molecular formula is C18H20N2O3. The number of rotatable bonds is 6. The third-order valence-electron chi connectivity index (χ3n) is 3.15. The minimum Gasteiger partial charge on any atom is -0.483 e. The van der Waals surface area contributed by atoms with Gasteiger partial charge >= 0.3 is 0 Å². The summed E-state index contributed by atoms with van der Waals surface area (Å²) in [4.78, 5) is 23.0. The smallest absolute Gasteiger partial charge is 0.276 e. The number of carbonyl (C=O) groups is 2. The van der Waals surface area contributed by atoms with Crippen LogP contribution in [0.15, 0.2) is 54.6 Å². The zero-order valence-electron chi connectivity index (χ0n) is 13.0. The van der Waals surface area contributed by atoms with Gasteiger partial charge in [-0.15, -0.1) is 0 Å². The zero-order chi connectivity index (χ0) is 16.5. The maximum Gasteiger partial charge on any atom is 0.276 e. The average Bonchev–Trinajstić information content (AvgIpc) is 2.59. The second-order valence-corrected chi connectivity index (χ2v) is 5.00. The summed E-state index contributed by atoms with van der Waals surface area (Å²) in [7, 11) is 0. The van der Waals surface area contributed by atoms with E-state index in [9.17, 15) is 9.59 Å². The van der Waals surface area contributed by atoms with E-state index in [-0.39, 0.29) is 12.5 Å². The van der Waals surface area contributed by atoms with Crippen LogP contribution in [0.3, 0.4) is 0 Å². The Hall–Kier alpha value is -2.82. The van der Waals surface area contributed by atoms with Crippen molar-refractivity contribution in [2.75, 3.05) is 6.61 Å². The van der Waals surface area contributed by atoms with Gasteiger partial charge in [0, 0.05) is 12.0 Å². The van der Waals surface area contributed by atoms with E-state index in [2.05, 4.69) is 10.9 Å². The fourth-order valence-corrected chi connectivity index (χ4v) is 2.06. The Labute approximate surface area is 135 Å². The quantitative estimate of drug-likeness (QED) is 0.806. The third-order valence-corrected chi connectivity index (χ3v) is 3.15. The number of amides is 2. The largest absolute Gasteiger partial charge is 0.483 e. The minimum atomic E-state index is -0.405. The molecule has 5 nitrogen and oxygen atoms in total. The van der Waals surface area contributed by atoms with Crippen molar-refractivity contribution in [1.29, 1.82) is 0 Å². The number of para-hydroxylation sites is 1. The lowest BCUT2D eigenvalue weighted by molar-refractivity contribution is -0.130. The molecule has 2 aromatic carbocycles. The Balaban J connectivity index is 1.94. The van der Waals surface area contributed by atoms with Gasteiger partial charge in [-0.05, 0) is 18.1 Å². The molecule has 2 amide bonds. The number of ether oxygens (including phenoxy) is 1. The summed E-state index contributed by atoms with van der Waals surface area (Å²) in [5.41, 5.74) is 6.61. The Bertz CT molecular complexity index is 656. The van der Waals surface area contributed by atoms with Crippen molar-refractivity contribution >= 4 is 11.8 Å². The molecule has 0 saturated heterocycles. The molecule has 0 aliphatic carbocycles. The van der Waals surface area contributed by atoms with Gasteiger partial charge in [-0.3, -0.25) is 20.4 Å². The summed E-state index contributed by atoms with van der Waals surface area (Å²) >= 11 is 0. The van der Waals surface area contributed by atoms with Crippen LogP contribution >= 0.6 is 0 Å². The van der Waals surface area contributed by atoms with Crippen LogP contribution in [0, 0.1) is 0 Å². The van der Waals surface area contributed by atoms with Gasteiger partial charge in [-0.1, -0.05) is 55.5 Å². The second kappa shape index (κ2) is 8.58. The number of nitrogens with one attached hydrogen (secondary N) is 2. The van der Waals surface area contributed by atoms with Gasteiger partial charge < -0.3 is 4.74 Å². The predicted octanol–water partition coefficient (Wildman–Crippen LogP) is 2.68. The van der Waals surface area contributed by atoms with E-state index in [1.807, 2.05) is 61.5 Å². The van der Waals surface area contributed by atoms with E-state index in [4.69, 9.17) is 4.74 Å². The SMILES string of the molecule is CCCC(=O)NNC(=O)COc1ccccc1-c1ccccc1. The first-order valence-corrected chi connectivity index (χ1v) is 7.55. The van der Waals surface area contributed by atoms with Gasteiger partial charge in [0.2, 0.25) is 5.91 Å². The molecule has 0 saturated carbocycles. The zero-order valence-corrected chi connectivity index (χ0v) is 13.0. The van der Waals surface area contributed by atoms with Crippen LogP contribution in [-0.2, 0) is 9.59 Å². The van der Waals surface area contributed by atoms with Gasteiger partial charge in [-0.2, -0.15) is 0 Å². The fourth-order valence-electron chi connectivity index (χ4n) is 2.06. The predicted molar refractivity (Wildman–Crippen MR) is 88.6 cm³/mol. The van der Waals surface area contributed by atoms with Crippen LogP contribution in [0.4, 0.5) is 0 Å². The number of benzene rings is 2. The summed E-state index contributed by atoms with van der Waals surface area (Å²) in [6, 6.07) is 17.3. The Kier molecular flexibility index (Phi) is 6.17. The highest BCUT2D eigenvalue weighted by atomic mass is 16.5. The van der Waals surface area contributed by atoms with Crippen LogP contribution in [-0.4, -0.2) is 18.4 Å². The van der Waals surface area contributed by atoms with Crippen LogP contribution < -0.4 is 15.6 Å².